The fraction of sp³-hybridized carbons (Fsp3) is 0. The molecule has 0 unspecified atom stereocenters. The molecule has 0 N–H and O–H groups in total. The van der Waals surface area contributed by atoms with Gasteiger partial charge < -0.3 is 8.83 Å². The summed E-state index contributed by atoms with van der Waals surface area (Å²) >= 11 is 0. The lowest BCUT2D eigenvalue weighted by Gasteiger charge is -2.18. The van der Waals surface area contributed by atoms with E-state index in [2.05, 4.69) is 0 Å². The number of rotatable bonds is 3. The molecule has 0 radical (unpaired) electrons. The third kappa shape index (κ3) is 3.59. The highest BCUT2D eigenvalue weighted by Gasteiger charge is 2.20. The van der Waals surface area contributed by atoms with Gasteiger partial charge in [0.1, 0.15) is 5.58 Å². The molecule has 0 aliphatic rings. The second-order valence-corrected chi connectivity index (χ2v) is 10.9. The van der Waals surface area contributed by atoms with Gasteiger partial charge in [0.15, 0.2) is 11.2 Å². The Bertz CT molecular complexity index is 3560. The molecule has 0 spiro atoms. The molecule has 0 amide bonds. The molecule has 0 saturated heterocycles. The van der Waals surface area contributed by atoms with Gasteiger partial charge in [0.2, 0.25) is 0 Å². The predicted molar refractivity (Wildman–Crippen MR) is 192 cm³/mol. The lowest BCUT2D eigenvalue weighted by molar-refractivity contribution is 0.600. The Morgan fingerprint density at radius 1 is 0.435 bits per heavy atom. The molecule has 46 heavy (non-hydrogen) atoms. The van der Waals surface area contributed by atoms with Crippen LogP contribution in [0.2, 0.25) is 0 Å². The summed E-state index contributed by atoms with van der Waals surface area (Å²) in [6.45, 7) is 0. The van der Waals surface area contributed by atoms with Crippen molar-refractivity contribution in [2.45, 2.75) is 0 Å². The maximum Gasteiger partial charge on any atom is 0.178 e. The van der Waals surface area contributed by atoms with Gasteiger partial charge in [-0.3, -0.25) is 0 Å². The van der Waals surface area contributed by atoms with Crippen molar-refractivity contribution in [3.05, 3.63) is 158 Å². The molecular formula is C44H26O2. The molecule has 0 bridgehead atoms. The number of hydrogen-bond acceptors (Lipinski definition) is 2. The molecule has 10 aromatic rings. The molecule has 0 aliphatic heterocycles. The largest absolute Gasteiger partial charge is 0.460 e. The van der Waals surface area contributed by atoms with E-state index in [1.54, 1.807) is 24.5 Å². The first kappa shape index (κ1) is 14.8. The van der Waals surface area contributed by atoms with Crippen LogP contribution >= 0.6 is 0 Å². The summed E-state index contributed by atoms with van der Waals surface area (Å²) in [6, 6.07) is 8.04. The van der Waals surface area contributed by atoms with Gasteiger partial charge >= 0.3 is 0 Å². The first-order chi connectivity index (χ1) is 29.1. The third-order valence-corrected chi connectivity index (χ3v) is 8.49. The number of benzene rings is 8. The van der Waals surface area contributed by atoms with Gasteiger partial charge in [0.25, 0.3) is 0 Å². The minimum Gasteiger partial charge on any atom is -0.460 e. The Kier molecular flexibility index (Phi) is 3.11. The fourth-order valence-corrected chi connectivity index (χ4v) is 6.49. The lowest BCUT2D eigenvalue weighted by Crippen LogP contribution is -1.91. The Hall–Kier alpha value is -6.12. The van der Waals surface area contributed by atoms with Gasteiger partial charge in [-0.15, -0.1) is 0 Å². The van der Waals surface area contributed by atoms with Crippen LogP contribution in [0.15, 0.2) is 166 Å². The van der Waals surface area contributed by atoms with Gasteiger partial charge in [-0.25, -0.2) is 0 Å². The zero-order chi connectivity index (χ0) is 43.2. The van der Waals surface area contributed by atoms with Crippen LogP contribution in [0.25, 0.3) is 98.6 Å². The lowest BCUT2D eigenvalue weighted by atomic mass is 9.84. The molecular weight excluding hydrogens is 560 g/mol. The van der Waals surface area contributed by atoms with E-state index in [0.717, 1.165) is 16.5 Å². The molecule has 0 fully saturated rings. The van der Waals surface area contributed by atoms with Gasteiger partial charge in [-0.05, 0) is 84.4 Å². The first-order valence-electron chi connectivity index (χ1n) is 21.9. The zero-order valence-corrected chi connectivity index (χ0v) is 23.7. The smallest absolute Gasteiger partial charge is 0.178 e. The second kappa shape index (κ2) is 9.69. The SMILES string of the molecule is [2H]c1c([2H])c([2H])c2c(-c3c4c([2H])c([2H])c([2H])c([2H])c4c(-c4ccc5oc6c(ccc7c(-c8ccccc8)coc76)c5c4)c4c([2H])c([2H])c([2H])c([2H])c34)c([2H])c([2H])c([2H])c2c1[2H]. The van der Waals surface area contributed by atoms with Crippen LogP contribution in [0, 0.1) is 0 Å². The minimum absolute atomic E-state index is 0.00427. The molecule has 2 heterocycles. The second-order valence-electron chi connectivity index (χ2n) is 10.9. The van der Waals surface area contributed by atoms with Gasteiger partial charge in [-0.1, -0.05) is 127 Å². The van der Waals surface area contributed by atoms with Crippen LogP contribution in [0.1, 0.15) is 20.6 Å². The Labute approximate surface area is 285 Å². The summed E-state index contributed by atoms with van der Waals surface area (Å²) in [5.41, 5.74) is 2.59. The molecule has 0 atom stereocenters. The van der Waals surface area contributed by atoms with Crippen LogP contribution < -0.4 is 0 Å². The van der Waals surface area contributed by atoms with E-state index in [4.69, 9.17) is 22.5 Å². The molecule has 214 valence electrons. The summed E-state index contributed by atoms with van der Waals surface area (Å²) < 4.78 is 147. The number of fused-ring (bicyclic) bond motifs is 8. The molecule has 2 nitrogen and oxygen atoms in total. The average Bonchev–Trinajstić information content (AvgIpc) is 3.87. The van der Waals surface area contributed by atoms with E-state index in [0.29, 0.717) is 27.5 Å². The summed E-state index contributed by atoms with van der Waals surface area (Å²) in [4.78, 5) is 0. The summed E-state index contributed by atoms with van der Waals surface area (Å²) in [5, 5.41) is 0.0816. The molecule has 0 aliphatic carbocycles. The van der Waals surface area contributed by atoms with Crippen molar-refractivity contribution in [1.82, 2.24) is 0 Å². The van der Waals surface area contributed by atoms with E-state index < -0.39 is 107 Å². The molecule has 2 aromatic heterocycles. The van der Waals surface area contributed by atoms with Crippen LogP contribution in [0.3, 0.4) is 0 Å². The van der Waals surface area contributed by atoms with E-state index in [9.17, 15) is 6.85 Å². The quantitative estimate of drug-likeness (QED) is 0.188. The normalized spacial score (nSPS) is 16.5. The monoisotopic (exact) mass is 601 g/mol. The average molecular weight is 602 g/mol. The maximum atomic E-state index is 9.38. The van der Waals surface area contributed by atoms with Crippen LogP contribution in [0.5, 0.6) is 0 Å². The van der Waals surface area contributed by atoms with E-state index in [-0.39, 0.29) is 38.2 Å². The van der Waals surface area contributed by atoms with Crippen LogP contribution in [-0.2, 0) is 0 Å². The van der Waals surface area contributed by atoms with Gasteiger partial charge in [0.05, 0.1) is 26.8 Å². The Balaban J connectivity index is 1.41. The molecule has 10 rings (SSSR count). The first-order valence-corrected chi connectivity index (χ1v) is 14.4. The van der Waals surface area contributed by atoms with Crippen LogP contribution in [0.4, 0.5) is 0 Å². The minimum atomic E-state index is -0.765. The number of hydrogen-bond donors (Lipinski definition) is 0. The van der Waals surface area contributed by atoms with Crippen molar-refractivity contribution in [3.63, 3.8) is 0 Å². The van der Waals surface area contributed by atoms with Crippen molar-refractivity contribution in [3.8, 4) is 33.4 Å². The zero-order valence-electron chi connectivity index (χ0n) is 38.7. The van der Waals surface area contributed by atoms with Crippen molar-refractivity contribution in [2.24, 2.45) is 0 Å². The topological polar surface area (TPSA) is 26.3 Å². The van der Waals surface area contributed by atoms with Crippen LogP contribution in [-0.4, -0.2) is 0 Å². The molecule has 0 saturated carbocycles. The molecule has 2 heteroatoms. The van der Waals surface area contributed by atoms with Gasteiger partial charge in [-0.2, -0.15) is 0 Å². The van der Waals surface area contributed by atoms with Gasteiger partial charge in [0, 0.05) is 21.7 Å². The Morgan fingerprint density at radius 2 is 1.09 bits per heavy atom. The van der Waals surface area contributed by atoms with Crippen molar-refractivity contribution in [2.75, 3.05) is 0 Å². The fourth-order valence-electron chi connectivity index (χ4n) is 6.49. The maximum absolute atomic E-state index is 9.38. The number of furan rings is 2. The van der Waals surface area contributed by atoms with Crippen molar-refractivity contribution < 1.29 is 29.4 Å². The third-order valence-electron chi connectivity index (χ3n) is 8.49. The predicted octanol–water partition coefficient (Wildman–Crippen LogP) is 12.8. The summed E-state index contributed by atoms with van der Waals surface area (Å²) in [6.07, 6.45) is 1.65. The molecule has 8 aromatic carbocycles. The standard InChI is InChI=1S/C44H26O2/c1-2-11-28(12-3-1)39-26-45-43-37(39)23-22-36-38-25-29(21-24-40(38)46-44(36)43)41-32-16-6-8-18-34(32)42(35-19-9-7-17-33(35)41)31-20-10-14-27-13-4-5-15-30(27)31/h1-26H/i4D,5D,6D,7D,8D,9D,10D,13D,14D,15D,16D,17D,18D,19D,20D. The summed E-state index contributed by atoms with van der Waals surface area (Å²) in [5.74, 6) is 0. The highest BCUT2D eigenvalue weighted by Crippen LogP contribution is 2.46. The van der Waals surface area contributed by atoms with E-state index >= 15 is 0 Å². The van der Waals surface area contributed by atoms with Crippen molar-refractivity contribution >= 4 is 65.2 Å². The highest BCUT2D eigenvalue weighted by molar-refractivity contribution is 6.24. The van der Waals surface area contributed by atoms with Crippen molar-refractivity contribution in [1.29, 1.82) is 0 Å². The van der Waals surface area contributed by atoms with E-state index in [1.165, 1.54) is 0 Å². The van der Waals surface area contributed by atoms with E-state index in [1.807, 2.05) is 42.5 Å². The Morgan fingerprint density at radius 3 is 1.85 bits per heavy atom. The highest BCUT2D eigenvalue weighted by atomic mass is 16.4. The summed E-state index contributed by atoms with van der Waals surface area (Å²) in [7, 11) is 0.